The smallest absolute Gasteiger partial charge is 0.134 e. The summed E-state index contributed by atoms with van der Waals surface area (Å²) in [6.07, 6.45) is 3.66. The lowest BCUT2D eigenvalue weighted by Crippen LogP contribution is -2.28. The highest BCUT2D eigenvalue weighted by atomic mass is 32.1. The summed E-state index contributed by atoms with van der Waals surface area (Å²) in [5.74, 6) is 6.65. The zero-order valence-corrected chi connectivity index (χ0v) is 11.9. The Morgan fingerprint density at radius 1 is 1.30 bits per heavy atom. The van der Waals surface area contributed by atoms with Gasteiger partial charge in [-0.05, 0) is 28.5 Å². The molecule has 102 valence electrons. The maximum atomic E-state index is 5.80. The summed E-state index contributed by atoms with van der Waals surface area (Å²) in [5.41, 5.74) is 4.02. The number of thiophene rings is 1. The second-order valence-corrected chi connectivity index (χ2v) is 5.34. The monoisotopic (exact) mass is 285 g/mol. The van der Waals surface area contributed by atoms with Crippen molar-refractivity contribution in [2.75, 3.05) is 7.11 Å². The molecule has 1 atom stereocenters. The maximum Gasteiger partial charge on any atom is 0.134 e. The second-order valence-electron chi connectivity index (χ2n) is 4.40. The molecule has 20 heavy (non-hydrogen) atoms. The molecule has 0 aliphatic carbocycles. The van der Waals surface area contributed by atoms with E-state index in [9.17, 15) is 0 Å². The van der Waals surface area contributed by atoms with Crippen LogP contribution in [0.15, 0.2) is 48.1 Å². The number of ether oxygens (including phenoxy) is 1. The molecule has 3 rings (SSSR count). The average molecular weight is 285 g/mol. The van der Waals surface area contributed by atoms with Crippen LogP contribution in [0.5, 0.6) is 5.75 Å². The van der Waals surface area contributed by atoms with Crippen molar-refractivity contribution in [3.8, 4) is 5.75 Å². The Morgan fingerprint density at radius 2 is 2.20 bits per heavy atom. The first kappa shape index (κ1) is 13.1. The van der Waals surface area contributed by atoms with Crippen molar-refractivity contribution in [2.45, 2.75) is 6.04 Å². The first-order chi connectivity index (χ1) is 9.85. The van der Waals surface area contributed by atoms with Crippen molar-refractivity contribution in [2.24, 2.45) is 5.84 Å². The number of nitrogens with zero attached hydrogens (tertiary/aromatic N) is 1. The second kappa shape index (κ2) is 5.58. The highest BCUT2D eigenvalue weighted by Gasteiger charge is 2.20. The van der Waals surface area contributed by atoms with E-state index < -0.39 is 0 Å². The predicted octanol–water partition coefficient (Wildman–Crippen LogP) is 2.86. The molecule has 0 amide bonds. The molecule has 3 N–H and O–H groups in total. The van der Waals surface area contributed by atoms with Gasteiger partial charge in [0.2, 0.25) is 0 Å². The molecule has 3 aromatic rings. The van der Waals surface area contributed by atoms with E-state index in [4.69, 9.17) is 10.6 Å². The standard InChI is InChI=1S/C15H15N3OS/c1-19-13-6-8-20-15(13)14(18-16)12-4-2-3-10-9-17-7-5-11(10)12/h2-9,14,18H,16H2,1H3. The Bertz CT molecular complexity index is 720. The number of methoxy groups -OCH3 is 1. The minimum atomic E-state index is -0.101. The topological polar surface area (TPSA) is 60.2 Å². The van der Waals surface area contributed by atoms with E-state index in [1.54, 1.807) is 24.6 Å². The Labute approximate surface area is 121 Å². The SMILES string of the molecule is COc1ccsc1C(NN)c1cccc2cnccc12. The van der Waals surface area contributed by atoms with E-state index in [0.29, 0.717) is 0 Å². The van der Waals surface area contributed by atoms with Crippen LogP contribution in [0.2, 0.25) is 0 Å². The number of rotatable bonds is 4. The molecule has 0 fully saturated rings. The van der Waals surface area contributed by atoms with Crippen LogP contribution < -0.4 is 16.0 Å². The van der Waals surface area contributed by atoms with Crippen molar-refractivity contribution in [3.05, 3.63) is 58.5 Å². The van der Waals surface area contributed by atoms with Gasteiger partial charge in [-0.2, -0.15) is 0 Å². The van der Waals surface area contributed by atoms with Gasteiger partial charge in [-0.15, -0.1) is 11.3 Å². The van der Waals surface area contributed by atoms with Crippen LogP contribution in [-0.4, -0.2) is 12.1 Å². The fourth-order valence-corrected chi connectivity index (χ4v) is 3.33. The number of nitrogens with one attached hydrogen (secondary N) is 1. The average Bonchev–Trinajstić information content (AvgIpc) is 2.97. The van der Waals surface area contributed by atoms with Crippen LogP contribution in [0.4, 0.5) is 0 Å². The summed E-state index contributed by atoms with van der Waals surface area (Å²) in [4.78, 5) is 5.23. The van der Waals surface area contributed by atoms with Crippen LogP contribution in [0.1, 0.15) is 16.5 Å². The third-order valence-electron chi connectivity index (χ3n) is 3.33. The summed E-state index contributed by atoms with van der Waals surface area (Å²) < 4.78 is 5.40. The summed E-state index contributed by atoms with van der Waals surface area (Å²) >= 11 is 1.63. The number of benzene rings is 1. The van der Waals surface area contributed by atoms with Gasteiger partial charge in [0.25, 0.3) is 0 Å². The molecule has 2 aromatic heterocycles. The van der Waals surface area contributed by atoms with Crippen molar-refractivity contribution >= 4 is 22.1 Å². The number of hydrogen-bond donors (Lipinski definition) is 2. The maximum absolute atomic E-state index is 5.80. The largest absolute Gasteiger partial charge is 0.496 e. The number of nitrogens with two attached hydrogens (primary N) is 1. The Balaban J connectivity index is 2.17. The molecule has 0 aliphatic rings. The summed E-state index contributed by atoms with van der Waals surface area (Å²) in [7, 11) is 1.67. The number of hydrazine groups is 1. The summed E-state index contributed by atoms with van der Waals surface area (Å²) in [5, 5.41) is 4.24. The van der Waals surface area contributed by atoms with Crippen molar-refractivity contribution in [1.82, 2.24) is 10.4 Å². The molecule has 4 nitrogen and oxygen atoms in total. The van der Waals surface area contributed by atoms with E-state index in [2.05, 4.69) is 16.5 Å². The molecule has 2 heterocycles. The Hall–Kier alpha value is -1.95. The minimum absolute atomic E-state index is 0.101. The van der Waals surface area contributed by atoms with E-state index >= 15 is 0 Å². The first-order valence-electron chi connectivity index (χ1n) is 6.25. The number of fused-ring (bicyclic) bond motifs is 1. The van der Waals surface area contributed by atoms with Crippen LogP contribution in [0.3, 0.4) is 0 Å². The van der Waals surface area contributed by atoms with E-state index in [-0.39, 0.29) is 6.04 Å². The third kappa shape index (κ3) is 2.16. The Morgan fingerprint density at radius 3 is 3.00 bits per heavy atom. The van der Waals surface area contributed by atoms with Crippen LogP contribution in [0, 0.1) is 0 Å². The van der Waals surface area contributed by atoms with Crippen LogP contribution in [0.25, 0.3) is 10.8 Å². The van der Waals surface area contributed by atoms with Gasteiger partial charge in [0, 0.05) is 17.8 Å². The highest BCUT2D eigenvalue weighted by Crippen LogP contribution is 2.36. The summed E-state index contributed by atoms with van der Waals surface area (Å²) in [6.45, 7) is 0. The van der Waals surface area contributed by atoms with E-state index in [0.717, 1.165) is 27.0 Å². The van der Waals surface area contributed by atoms with Gasteiger partial charge in [0.1, 0.15) is 5.75 Å². The lowest BCUT2D eigenvalue weighted by molar-refractivity contribution is 0.408. The number of hydrogen-bond acceptors (Lipinski definition) is 5. The van der Waals surface area contributed by atoms with Crippen molar-refractivity contribution in [3.63, 3.8) is 0 Å². The predicted molar refractivity (Wildman–Crippen MR) is 81.8 cm³/mol. The lowest BCUT2D eigenvalue weighted by atomic mass is 9.99. The van der Waals surface area contributed by atoms with Crippen LogP contribution in [-0.2, 0) is 0 Å². The number of pyridine rings is 1. The van der Waals surface area contributed by atoms with Crippen LogP contribution >= 0.6 is 11.3 Å². The molecule has 0 saturated carbocycles. The molecule has 0 saturated heterocycles. The third-order valence-corrected chi connectivity index (χ3v) is 4.29. The van der Waals surface area contributed by atoms with Crippen molar-refractivity contribution < 1.29 is 4.74 Å². The quantitative estimate of drug-likeness (QED) is 0.571. The molecule has 1 unspecified atom stereocenters. The van der Waals surface area contributed by atoms with E-state index in [1.807, 2.05) is 35.8 Å². The van der Waals surface area contributed by atoms with Crippen molar-refractivity contribution in [1.29, 1.82) is 0 Å². The fourth-order valence-electron chi connectivity index (χ4n) is 2.39. The highest BCUT2D eigenvalue weighted by molar-refractivity contribution is 7.10. The van der Waals surface area contributed by atoms with Gasteiger partial charge in [-0.25, -0.2) is 5.43 Å². The van der Waals surface area contributed by atoms with Gasteiger partial charge in [0.05, 0.1) is 18.0 Å². The molecule has 0 bridgehead atoms. The summed E-state index contributed by atoms with van der Waals surface area (Å²) in [6, 6.07) is 10.0. The Kier molecular flexibility index (Phi) is 3.64. The minimum Gasteiger partial charge on any atom is -0.496 e. The molecule has 0 aliphatic heterocycles. The number of aromatic nitrogens is 1. The van der Waals surface area contributed by atoms with Gasteiger partial charge in [-0.3, -0.25) is 10.8 Å². The van der Waals surface area contributed by atoms with E-state index in [1.165, 1.54) is 0 Å². The van der Waals surface area contributed by atoms with Gasteiger partial charge in [0.15, 0.2) is 0 Å². The van der Waals surface area contributed by atoms with Gasteiger partial charge in [-0.1, -0.05) is 18.2 Å². The molecular formula is C15H15N3OS. The normalized spacial score (nSPS) is 12.5. The van der Waals surface area contributed by atoms with Gasteiger partial charge >= 0.3 is 0 Å². The molecule has 0 radical (unpaired) electrons. The lowest BCUT2D eigenvalue weighted by Gasteiger charge is -2.18. The first-order valence-corrected chi connectivity index (χ1v) is 7.13. The fraction of sp³-hybridized carbons (Fsp3) is 0.133. The molecule has 1 aromatic carbocycles. The molecule has 5 heteroatoms. The molecule has 0 spiro atoms. The molecular weight excluding hydrogens is 270 g/mol. The van der Waals surface area contributed by atoms with Gasteiger partial charge < -0.3 is 4.74 Å². The zero-order valence-electron chi connectivity index (χ0n) is 11.0. The zero-order chi connectivity index (χ0) is 13.9.